The summed E-state index contributed by atoms with van der Waals surface area (Å²) in [7, 11) is 0. The van der Waals surface area contributed by atoms with E-state index >= 15 is 0 Å². The molecule has 0 spiro atoms. The van der Waals surface area contributed by atoms with E-state index in [1.807, 2.05) is 12.1 Å². The Morgan fingerprint density at radius 3 is 2.86 bits per heavy atom. The summed E-state index contributed by atoms with van der Waals surface area (Å²) in [5, 5.41) is 13.0. The van der Waals surface area contributed by atoms with Crippen LogP contribution in [0.5, 0.6) is 0 Å². The van der Waals surface area contributed by atoms with Crippen LogP contribution in [0.4, 0.5) is 11.6 Å². The average Bonchev–Trinajstić information content (AvgIpc) is 3.29. The molecule has 0 fully saturated rings. The molecule has 10 heteroatoms. The van der Waals surface area contributed by atoms with Gasteiger partial charge >= 0.3 is 0 Å². The van der Waals surface area contributed by atoms with Crippen LogP contribution >= 0.6 is 11.8 Å². The van der Waals surface area contributed by atoms with E-state index in [1.165, 1.54) is 11.8 Å². The first-order valence-electron chi connectivity index (χ1n) is 8.57. The fourth-order valence-corrected chi connectivity index (χ4v) is 2.99. The maximum Gasteiger partial charge on any atom is 0.238 e. The number of thioether (sulfide) groups is 1. The number of anilines is 2. The van der Waals surface area contributed by atoms with Gasteiger partial charge in [-0.25, -0.2) is 0 Å². The third kappa shape index (κ3) is 5.68. The number of aryl methyl sites for hydroxylation is 1. The molecule has 0 aromatic carbocycles. The molecule has 0 aliphatic carbocycles. The summed E-state index contributed by atoms with van der Waals surface area (Å²) < 4.78 is 6.62. The van der Waals surface area contributed by atoms with Crippen molar-refractivity contribution in [1.29, 1.82) is 0 Å². The highest BCUT2D eigenvalue weighted by Crippen LogP contribution is 2.15. The fourth-order valence-electron chi connectivity index (χ4n) is 2.30. The molecule has 3 aromatic heterocycles. The van der Waals surface area contributed by atoms with E-state index in [4.69, 9.17) is 4.52 Å². The highest BCUT2D eigenvalue weighted by atomic mass is 32.2. The summed E-state index contributed by atoms with van der Waals surface area (Å²) in [4.78, 5) is 28.3. The van der Waals surface area contributed by atoms with Crippen LogP contribution in [-0.4, -0.2) is 42.7 Å². The van der Waals surface area contributed by atoms with Crippen molar-refractivity contribution < 1.29 is 14.1 Å². The lowest BCUT2D eigenvalue weighted by Crippen LogP contribution is -2.25. The number of pyridine rings is 1. The number of carbonyl (C=O) groups is 2. The predicted molar refractivity (Wildman–Crippen MR) is 106 cm³/mol. The van der Waals surface area contributed by atoms with E-state index < -0.39 is 5.25 Å². The normalized spacial score (nSPS) is 11.8. The minimum Gasteiger partial charge on any atom is -0.360 e. The Bertz CT molecular complexity index is 940. The van der Waals surface area contributed by atoms with Crippen LogP contribution in [0.2, 0.25) is 0 Å². The lowest BCUT2D eigenvalue weighted by atomic mass is 10.3. The third-order valence-electron chi connectivity index (χ3n) is 3.69. The van der Waals surface area contributed by atoms with E-state index in [1.54, 1.807) is 49.3 Å². The van der Waals surface area contributed by atoms with E-state index in [9.17, 15) is 9.59 Å². The molecule has 0 radical (unpaired) electrons. The van der Waals surface area contributed by atoms with Gasteiger partial charge in [0.2, 0.25) is 11.8 Å². The van der Waals surface area contributed by atoms with Crippen LogP contribution < -0.4 is 10.6 Å². The molecule has 3 rings (SSSR count). The fraction of sp³-hybridized carbons (Fsp3) is 0.278. The molecule has 1 unspecified atom stereocenters. The van der Waals surface area contributed by atoms with Crippen molar-refractivity contribution >= 4 is 35.2 Å². The minimum atomic E-state index is -0.425. The van der Waals surface area contributed by atoms with Crippen LogP contribution in [0.3, 0.4) is 0 Å². The molecular formula is C18H20N6O3S. The molecule has 146 valence electrons. The number of nitrogens with one attached hydrogen (secondary N) is 2. The van der Waals surface area contributed by atoms with Gasteiger partial charge in [-0.2, -0.15) is 5.10 Å². The SMILES string of the molecule is Cc1cc(NC(=O)C(C)SCC(=O)Nc2ccn(Cc3cccnc3)n2)no1. The molecule has 9 nitrogen and oxygen atoms in total. The number of hydrogen-bond donors (Lipinski definition) is 2. The van der Waals surface area contributed by atoms with Crippen molar-refractivity contribution in [2.75, 3.05) is 16.4 Å². The zero-order valence-electron chi connectivity index (χ0n) is 15.5. The van der Waals surface area contributed by atoms with Gasteiger partial charge in [-0.1, -0.05) is 11.2 Å². The van der Waals surface area contributed by atoms with Crippen molar-refractivity contribution in [1.82, 2.24) is 19.9 Å². The van der Waals surface area contributed by atoms with E-state index in [2.05, 4.69) is 25.9 Å². The first-order valence-corrected chi connectivity index (χ1v) is 9.62. The van der Waals surface area contributed by atoms with Crippen molar-refractivity contribution in [2.45, 2.75) is 25.6 Å². The van der Waals surface area contributed by atoms with Gasteiger partial charge in [-0.3, -0.25) is 19.3 Å². The highest BCUT2D eigenvalue weighted by molar-refractivity contribution is 8.01. The maximum absolute atomic E-state index is 12.1. The number of amides is 2. The number of carbonyl (C=O) groups excluding carboxylic acids is 2. The number of nitrogens with zero attached hydrogens (tertiary/aromatic N) is 4. The predicted octanol–water partition coefficient (Wildman–Crippen LogP) is 2.32. The summed E-state index contributed by atoms with van der Waals surface area (Å²) >= 11 is 1.22. The Morgan fingerprint density at radius 1 is 1.29 bits per heavy atom. The topological polar surface area (TPSA) is 115 Å². The van der Waals surface area contributed by atoms with E-state index in [-0.39, 0.29) is 17.6 Å². The summed E-state index contributed by atoms with van der Waals surface area (Å²) in [6.45, 7) is 4.03. The Balaban J connectivity index is 1.43. The van der Waals surface area contributed by atoms with E-state index in [0.717, 1.165) is 5.56 Å². The van der Waals surface area contributed by atoms with Gasteiger partial charge in [-0.15, -0.1) is 11.8 Å². The highest BCUT2D eigenvalue weighted by Gasteiger charge is 2.17. The second-order valence-corrected chi connectivity index (χ2v) is 7.40. The summed E-state index contributed by atoms with van der Waals surface area (Å²) in [5.74, 6) is 1.09. The number of rotatable bonds is 8. The molecule has 3 aromatic rings. The maximum atomic E-state index is 12.1. The van der Waals surface area contributed by atoms with Crippen LogP contribution in [0.25, 0.3) is 0 Å². The summed E-state index contributed by atoms with van der Waals surface area (Å²) in [6.07, 6.45) is 5.26. The van der Waals surface area contributed by atoms with Crippen LogP contribution in [0.1, 0.15) is 18.2 Å². The zero-order chi connectivity index (χ0) is 19.9. The molecule has 2 N–H and O–H groups in total. The molecular weight excluding hydrogens is 380 g/mol. The van der Waals surface area contributed by atoms with Gasteiger partial charge in [0.25, 0.3) is 0 Å². The molecule has 0 aliphatic heterocycles. The monoisotopic (exact) mass is 400 g/mol. The first kappa shape index (κ1) is 19.6. The quantitative estimate of drug-likeness (QED) is 0.596. The lowest BCUT2D eigenvalue weighted by molar-refractivity contribution is -0.115. The average molecular weight is 400 g/mol. The second-order valence-electron chi connectivity index (χ2n) is 6.07. The van der Waals surface area contributed by atoms with Crippen LogP contribution in [-0.2, 0) is 16.1 Å². The third-order valence-corrected chi connectivity index (χ3v) is 4.83. The standard InChI is InChI=1S/C18H20N6O3S/c1-12-8-16(23-27-12)21-18(26)13(2)28-11-17(25)20-15-5-7-24(22-15)10-14-4-3-6-19-9-14/h3-9,13H,10-11H2,1-2H3,(H,20,22,25)(H,21,23,26). The Morgan fingerprint density at radius 2 is 2.14 bits per heavy atom. The molecule has 3 heterocycles. The number of hydrogen-bond acceptors (Lipinski definition) is 7. The molecule has 2 amide bonds. The molecule has 0 bridgehead atoms. The molecule has 0 saturated heterocycles. The smallest absolute Gasteiger partial charge is 0.238 e. The van der Waals surface area contributed by atoms with Gasteiger partial charge in [0.15, 0.2) is 11.6 Å². The Labute approximate surface area is 165 Å². The van der Waals surface area contributed by atoms with Crippen LogP contribution in [0.15, 0.2) is 47.4 Å². The molecule has 0 aliphatic rings. The van der Waals surface area contributed by atoms with Crippen molar-refractivity contribution in [2.24, 2.45) is 0 Å². The Kier molecular flexibility index (Phi) is 6.43. The lowest BCUT2D eigenvalue weighted by Gasteiger charge is -2.10. The largest absolute Gasteiger partial charge is 0.360 e. The Hall–Kier alpha value is -3.14. The second kappa shape index (κ2) is 9.18. The minimum absolute atomic E-state index is 0.127. The van der Waals surface area contributed by atoms with Crippen molar-refractivity contribution in [3.8, 4) is 0 Å². The van der Waals surface area contributed by atoms with E-state index in [0.29, 0.717) is 23.9 Å². The first-order chi connectivity index (χ1) is 13.5. The van der Waals surface area contributed by atoms with Crippen molar-refractivity contribution in [3.05, 3.63) is 54.2 Å². The van der Waals surface area contributed by atoms with Crippen molar-refractivity contribution in [3.63, 3.8) is 0 Å². The zero-order valence-corrected chi connectivity index (χ0v) is 16.3. The van der Waals surface area contributed by atoms with Gasteiger partial charge in [0.05, 0.1) is 17.5 Å². The number of aromatic nitrogens is 4. The van der Waals surface area contributed by atoms with Crippen LogP contribution in [0, 0.1) is 6.92 Å². The van der Waals surface area contributed by atoms with Gasteiger partial charge < -0.3 is 15.2 Å². The molecule has 28 heavy (non-hydrogen) atoms. The summed E-state index contributed by atoms with van der Waals surface area (Å²) in [6, 6.07) is 7.17. The summed E-state index contributed by atoms with van der Waals surface area (Å²) in [5.41, 5.74) is 1.01. The van der Waals surface area contributed by atoms with Gasteiger partial charge in [0, 0.05) is 30.7 Å². The van der Waals surface area contributed by atoms with Gasteiger partial charge in [-0.05, 0) is 25.5 Å². The molecule has 0 saturated carbocycles. The van der Waals surface area contributed by atoms with Gasteiger partial charge in [0.1, 0.15) is 5.76 Å². The molecule has 1 atom stereocenters.